The third-order valence-corrected chi connectivity index (χ3v) is 4.15. The van der Waals surface area contributed by atoms with E-state index < -0.39 is 53.6 Å². The fourth-order valence-corrected chi connectivity index (χ4v) is 2.83. The Bertz CT molecular complexity index is 755. The van der Waals surface area contributed by atoms with Gasteiger partial charge in [-0.05, 0) is 0 Å². The second kappa shape index (κ2) is 8.25. The van der Waals surface area contributed by atoms with Crippen molar-refractivity contribution in [1.29, 1.82) is 0 Å². The Kier molecular flexibility index (Phi) is 6.29. The summed E-state index contributed by atoms with van der Waals surface area (Å²) in [5, 5.41) is 10.4. The molecule has 1 fully saturated rings. The number of hydrogen-bond acceptors (Lipinski definition) is 9. The average molecular weight is 372 g/mol. The van der Waals surface area contributed by atoms with Crippen molar-refractivity contribution in [2.24, 2.45) is 5.92 Å². The minimum absolute atomic E-state index is 0.241. The first-order chi connectivity index (χ1) is 12.3. The van der Waals surface area contributed by atoms with Crippen molar-refractivity contribution < 1.29 is 33.6 Å². The van der Waals surface area contributed by atoms with Crippen LogP contribution in [0.4, 0.5) is 0 Å². The lowest BCUT2D eigenvalue weighted by Gasteiger charge is -2.20. The highest BCUT2D eigenvalue weighted by Gasteiger charge is 2.48. The SMILES string of the molecule is COC(=O)C(C[C@H]1O[C@@H](n2ccc(=O)[nH]c2=O)[C@@H](OC)[C@H]1O)C(=O)OC. The summed E-state index contributed by atoms with van der Waals surface area (Å²) in [6, 6.07) is 1.11. The fraction of sp³-hybridized carbons (Fsp3) is 0.600. The van der Waals surface area contributed by atoms with E-state index in [0.29, 0.717) is 0 Å². The number of H-pyrrole nitrogens is 1. The molecule has 2 N–H and O–H groups in total. The van der Waals surface area contributed by atoms with Gasteiger partial charge < -0.3 is 24.1 Å². The number of carbonyl (C=O) groups excluding carboxylic acids is 2. The number of rotatable bonds is 6. The van der Waals surface area contributed by atoms with Crippen LogP contribution in [0, 0.1) is 5.92 Å². The van der Waals surface area contributed by atoms with E-state index in [-0.39, 0.29) is 6.42 Å². The summed E-state index contributed by atoms with van der Waals surface area (Å²) in [7, 11) is 3.54. The molecule has 4 atom stereocenters. The molecule has 1 aromatic rings. The van der Waals surface area contributed by atoms with Crippen LogP contribution in [0.2, 0.25) is 0 Å². The molecule has 2 rings (SSSR count). The molecular weight excluding hydrogens is 352 g/mol. The Morgan fingerprint density at radius 1 is 1.27 bits per heavy atom. The van der Waals surface area contributed by atoms with Crippen LogP contribution in [0.5, 0.6) is 0 Å². The van der Waals surface area contributed by atoms with E-state index in [0.717, 1.165) is 24.9 Å². The number of esters is 2. The summed E-state index contributed by atoms with van der Waals surface area (Å²) in [4.78, 5) is 48.9. The van der Waals surface area contributed by atoms with Crippen LogP contribution < -0.4 is 11.2 Å². The van der Waals surface area contributed by atoms with Gasteiger partial charge in [-0.2, -0.15) is 0 Å². The first-order valence-electron chi connectivity index (χ1n) is 7.67. The molecule has 1 saturated heterocycles. The molecule has 0 aromatic carbocycles. The quantitative estimate of drug-likeness (QED) is 0.434. The van der Waals surface area contributed by atoms with Crippen LogP contribution in [-0.4, -0.2) is 66.2 Å². The van der Waals surface area contributed by atoms with Gasteiger partial charge in [0.05, 0.1) is 20.3 Å². The normalized spacial score (nSPS) is 25.3. The number of methoxy groups -OCH3 is 3. The Hall–Kier alpha value is -2.50. The number of nitrogens with one attached hydrogen (secondary N) is 1. The maximum absolute atomic E-state index is 12.0. The molecule has 0 spiro atoms. The topological polar surface area (TPSA) is 146 Å². The second-order valence-electron chi connectivity index (χ2n) is 5.61. The number of hydrogen-bond donors (Lipinski definition) is 2. The van der Waals surface area contributed by atoms with Crippen LogP contribution in [-0.2, 0) is 28.5 Å². The second-order valence-corrected chi connectivity index (χ2v) is 5.61. The first-order valence-corrected chi connectivity index (χ1v) is 7.67. The van der Waals surface area contributed by atoms with Gasteiger partial charge in [0.25, 0.3) is 5.56 Å². The molecular formula is C15H20N2O9. The van der Waals surface area contributed by atoms with Crippen molar-refractivity contribution in [2.45, 2.75) is 31.0 Å². The molecule has 1 aliphatic heterocycles. The zero-order chi connectivity index (χ0) is 19.4. The van der Waals surface area contributed by atoms with Crippen LogP contribution in [0.3, 0.4) is 0 Å². The van der Waals surface area contributed by atoms with Gasteiger partial charge in [0.1, 0.15) is 12.2 Å². The van der Waals surface area contributed by atoms with Crippen molar-refractivity contribution >= 4 is 11.9 Å². The van der Waals surface area contributed by atoms with Crippen molar-refractivity contribution in [1.82, 2.24) is 9.55 Å². The van der Waals surface area contributed by atoms with Crippen molar-refractivity contribution in [3.8, 4) is 0 Å². The highest BCUT2D eigenvalue weighted by atomic mass is 16.6. The summed E-state index contributed by atoms with van der Waals surface area (Å²) in [5.41, 5.74) is -1.35. The van der Waals surface area contributed by atoms with E-state index in [1.54, 1.807) is 0 Å². The van der Waals surface area contributed by atoms with E-state index in [9.17, 15) is 24.3 Å². The number of nitrogens with zero attached hydrogens (tertiary/aromatic N) is 1. The number of aliphatic hydroxyl groups excluding tert-OH is 1. The van der Waals surface area contributed by atoms with Crippen LogP contribution in [0.15, 0.2) is 21.9 Å². The zero-order valence-corrected chi connectivity index (χ0v) is 14.4. The van der Waals surface area contributed by atoms with Crippen molar-refractivity contribution in [3.63, 3.8) is 0 Å². The molecule has 11 heteroatoms. The standard InChI is InChI=1S/C15H20N2O9/c1-23-11-10(19)8(6-7(13(20)24-2)14(21)25-3)26-12(11)17-5-4-9(18)16-15(17)22/h4-5,7-8,10-12,19H,6H2,1-3H3,(H,16,18,22)/t8-,10+,11+,12-/m1/s1. The van der Waals surface area contributed by atoms with E-state index >= 15 is 0 Å². The van der Waals surface area contributed by atoms with Gasteiger partial charge in [-0.25, -0.2) is 4.79 Å². The molecule has 1 aromatic heterocycles. The van der Waals surface area contributed by atoms with Gasteiger partial charge in [-0.15, -0.1) is 0 Å². The minimum Gasteiger partial charge on any atom is -0.468 e. The predicted molar refractivity (Wildman–Crippen MR) is 84.2 cm³/mol. The average Bonchev–Trinajstić information content (AvgIpc) is 2.93. The van der Waals surface area contributed by atoms with Crippen LogP contribution >= 0.6 is 0 Å². The van der Waals surface area contributed by atoms with Gasteiger partial charge in [-0.3, -0.25) is 23.9 Å². The number of aliphatic hydroxyl groups is 1. The van der Waals surface area contributed by atoms with Gasteiger partial charge in [0, 0.05) is 25.8 Å². The van der Waals surface area contributed by atoms with Crippen molar-refractivity contribution in [3.05, 3.63) is 33.1 Å². The highest BCUT2D eigenvalue weighted by molar-refractivity contribution is 5.94. The lowest BCUT2D eigenvalue weighted by Crippen LogP contribution is -2.39. The summed E-state index contributed by atoms with van der Waals surface area (Å²) in [5.74, 6) is -2.99. The molecule has 0 unspecified atom stereocenters. The molecule has 2 heterocycles. The third-order valence-electron chi connectivity index (χ3n) is 4.15. The smallest absolute Gasteiger partial charge is 0.330 e. The molecule has 0 radical (unpaired) electrons. The van der Waals surface area contributed by atoms with E-state index in [4.69, 9.17) is 9.47 Å². The molecule has 0 bridgehead atoms. The van der Waals surface area contributed by atoms with E-state index in [2.05, 4.69) is 14.5 Å². The summed E-state index contributed by atoms with van der Waals surface area (Å²) in [6.45, 7) is 0. The largest absolute Gasteiger partial charge is 0.468 e. The molecule has 0 saturated carbocycles. The first kappa shape index (κ1) is 19.8. The Morgan fingerprint density at radius 2 is 1.88 bits per heavy atom. The van der Waals surface area contributed by atoms with Gasteiger partial charge in [0.15, 0.2) is 12.1 Å². The van der Waals surface area contributed by atoms with E-state index in [1.165, 1.54) is 13.3 Å². The third kappa shape index (κ3) is 3.84. The summed E-state index contributed by atoms with van der Waals surface area (Å²) in [6.07, 6.45) is -3.35. The molecule has 0 amide bonds. The molecule has 26 heavy (non-hydrogen) atoms. The molecule has 144 valence electrons. The highest BCUT2D eigenvalue weighted by Crippen LogP contribution is 2.33. The fourth-order valence-electron chi connectivity index (χ4n) is 2.83. The molecule has 0 aliphatic carbocycles. The lowest BCUT2D eigenvalue weighted by molar-refractivity contribution is -0.161. The summed E-state index contributed by atoms with van der Waals surface area (Å²) >= 11 is 0. The van der Waals surface area contributed by atoms with Crippen LogP contribution in [0.25, 0.3) is 0 Å². The Labute approximate surface area is 147 Å². The lowest BCUT2D eigenvalue weighted by atomic mass is 9.97. The predicted octanol–water partition coefficient (Wildman–Crippen LogP) is -1.84. The van der Waals surface area contributed by atoms with Gasteiger partial charge in [-0.1, -0.05) is 0 Å². The Balaban J connectivity index is 2.28. The maximum Gasteiger partial charge on any atom is 0.330 e. The summed E-state index contributed by atoms with van der Waals surface area (Å²) < 4.78 is 21.1. The maximum atomic E-state index is 12.0. The monoisotopic (exact) mass is 372 g/mol. The van der Waals surface area contributed by atoms with Crippen LogP contribution in [0.1, 0.15) is 12.6 Å². The minimum atomic E-state index is -1.31. The van der Waals surface area contributed by atoms with Gasteiger partial charge >= 0.3 is 17.6 Å². The molecule has 1 aliphatic rings. The van der Waals surface area contributed by atoms with Gasteiger partial charge in [0.2, 0.25) is 0 Å². The number of aromatic amines is 1. The Morgan fingerprint density at radius 3 is 2.38 bits per heavy atom. The van der Waals surface area contributed by atoms with Crippen molar-refractivity contribution in [2.75, 3.05) is 21.3 Å². The number of ether oxygens (including phenoxy) is 4. The van der Waals surface area contributed by atoms with E-state index in [1.807, 2.05) is 0 Å². The molecule has 11 nitrogen and oxygen atoms in total. The zero-order valence-electron chi connectivity index (χ0n) is 14.4. The number of aromatic nitrogens is 2. The number of carbonyl (C=O) groups is 2.